The molecule has 112 valence electrons. The summed E-state index contributed by atoms with van der Waals surface area (Å²) in [7, 11) is 1.76. The topological polar surface area (TPSA) is 58.4 Å². The molecule has 0 aliphatic heterocycles. The van der Waals surface area contributed by atoms with Gasteiger partial charge in [0.1, 0.15) is 5.69 Å². The van der Waals surface area contributed by atoms with Crippen LogP contribution in [0.1, 0.15) is 17.3 Å². The van der Waals surface area contributed by atoms with Gasteiger partial charge in [0.15, 0.2) is 0 Å². The van der Waals surface area contributed by atoms with E-state index in [4.69, 9.17) is 16.7 Å². The van der Waals surface area contributed by atoms with E-state index in [2.05, 4.69) is 5.10 Å². The molecule has 1 N–H and O–H groups in total. The Morgan fingerprint density at radius 3 is 2.76 bits per heavy atom. The normalized spacial score (nSPS) is 10.7. The quantitative estimate of drug-likeness (QED) is 0.921. The molecular weight excluding hydrogens is 290 g/mol. The highest BCUT2D eigenvalue weighted by Gasteiger charge is 2.22. The SMILES string of the molecule is CCN(CCO)C(=O)c1cn(C)nc1-c1ccccc1Cl. The highest BCUT2D eigenvalue weighted by atomic mass is 35.5. The number of halogens is 1. The van der Waals surface area contributed by atoms with Gasteiger partial charge in [-0.2, -0.15) is 5.10 Å². The zero-order valence-electron chi connectivity index (χ0n) is 12.1. The Hall–Kier alpha value is -1.85. The van der Waals surface area contributed by atoms with Crippen LogP contribution in [0.3, 0.4) is 0 Å². The summed E-state index contributed by atoms with van der Waals surface area (Å²) in [5.41, 5.74) is 1.77. The predicted molar refractivity (Wildman–Crippen MR) is 82.3 cm³/mol. The van der Waals surface area contributed by atoms with Gasteiger partial charge in [0, 0.05) is 31.9 Å². The molecule has 0 radical (unpaired) electrons. The van der Waals surface area contributed by atoms with E-state index in [1.54, 1.807) is 28.9 Å². The fourth-order valence-electron chi connectivity index (χ4n) is 2.19. The first kappa shape index (κ1) is 15.5. The molecule has 0 spiro atoms. The molecule has 0 saturated heterocycles. The van der Waals surface area contributed by atoms with Crippen LogP contribution in [0.15, 0.2) is 30.5 Å². The van der Waals surface area contributed by atoms with Gasteiger partial charge in [-0.3, -0.25) is 9.48 Å². The van der Waals surface area contributed by atoms with E-state index in [0.717, 1.165) is 5.56 Å². The number of carbonyl (C=O) groups is 1. The molecular formula is C15H18ClN3O2. The monoisotopic (exact) mass is 307 g/mol. The van der Waals surface area contributed by atoms with Crippen LogP contribution >= 0.6 is 11.6 Å². The minimum atomic E-state index is -0.158. The lowest BCUT2D eigenvalue weighted by molar-refractivity contribution is 0.0732. The van der Waals surface area contributed by atoms with Crippen molar-refractivity contribution < 1.29 is 9.90 Å². The van der Waals surface area contributed by atoms with E-state index in [-0.39, 0.29) is 12.5 Å². The number of benzene rings is 1. The number of amides is 1. The van der Waals surface area contributed by atoms with Crippen molar-refractivity contribution in [2.45, 2.75) is 6.92 Å². The fourth-order valence-corrected chi connectivity index (χ4v) is 2.42. The van der Waals surface area contributed by atoms with Crippen molar-refractivity contribution in [2.75, 3.05) is 19.7 Å². The first-order chi connectivity index (χ1) is 10.1. The molecule has 6 heteroatoms. The second-order valence-corrected chi connectivity index (χ2v) is 5.06. The minimum absolute atomic E-state index is 0.0682. The van der Waals surface area contributed by atoms with Crippen molar-refractivity contribution >= 4 is 17.5 Å². The zero-order valence-corrected chi connectivity index (χ0v) is 12.8. The number of nitrogens with zero attached hydrogens (tertiary/aromatic N) is 3. The van der Waals surface area contributed by atoms with Crippen molar-refractivity contribution in [3.05, 3.63) is 41.0 Å². The number of carbonyl (C=O) groups excluding carboxylic acids is 1. The Bertz CT molecular complexity index is 640. The van der Waals surface area contributed by atoms with E-state index < -0.39 is 0 Å². The maximum absolute atomic E-state index is 12.6. The van der Waals surface area contributed by atoms with E-state index in [9.17, 15) is 4.79 Å². The van der Waals surface area contributed by atoms with Crippen LogP contribution in [0.5, 0.6) is 0 Å². The summed E-state index contributed by atoms with van der Waals surface area (Å²) in [6, 6.07) is 7.30. The second-order valence-electron chi connectivity index (χ2n) is 4.65. The summed E-state index contributed by atoms with van der Waals surface area (Å²) in [5, 5.41) is 14.0. The lowest BCUT2D eigenvalue weighted by Gasteiger charge is -2.19. The van der Waals surface area contributed by atoms with E-state index >= 15 is 0 Å². The Kier molecular flexibility index (Phi) is 4.98. The fraction of sp³-hybridized carbons (Fsp3) is 0.333. The van der Waals surface area contributed by atoms with E-state index in [1.807, 2.05) is 25.1 Å². The average molecular weight is 308 g/mol. The first-order valence-corrected chi connectivity index (χ1v) is 7.15. The first-order valence-electron chi connectivity index (χ1n) is 6.77. The highest BCUT2D eigenvalue weighted by Crippen LogP contribution is 2.29. The molecule has 0 bridgehead atoms. The number of aliphatic hydroxyl groups is 1. The van der Waals surface area contributed by atoms with E-state index in [1.165, 1.54) is 0 Å². The molecule has 0 unspecified atom stereocenters. The molecule has 2 rings (SSSR count). The standard InChI is InChI=1S/C15H18ClN3O2/c1-3-19(8-9-20)15(21)12-10-18(2)17-14(12)11-6-4-5-7-13(11)16/h4-7,10,20H,3,8-9H2,1-2H3. The molecule has 0 aliphatic carbocycles. The average Bonchev–Trinajstić information content (AvgIpc) is 2.86. The lowest BCUT2D eigenvalue weighted by Crippen LogP contribution is -2.33. The number of rotatable bonds is 5. The third-order valence-electron chi connectivity index (χ3n) is 3.23. The molecule has 0 fully saturated rings. The molecule has 1 amide bonds. The molecule has 0 aliphatic rings. The molecule has 0 atom stereocenters. The Labute approximate surface area is 128 Å². The van der Waals surface area contributed by atoms with Crippen LogP contribution in [0.2, 0.25) is 5.02 Å². The van der Waals surface area contributed by atoms with Gasteiger partial charge in [-0.1, -0.05) is 29.8 Å². The smallest absolute Gasteiger partial charge is 0.257 e. The molecule has 21 heavy (non-hydrogen) atoms. The highest BCUT2D eigenvalue weighted by molar-refractivity contribution is 6.33. The van der Waals surface area contributed by atoms with Crippen molar-refractivity contribution in [3.8, 4) is 11.3 Å². The van der Waals surface area contributed by atoms with Crippen molar-refractivity contribution in [2.24, 2.45) is 7.05 Å². The van der Waals surface area contributed by atoms with Gasteiger partial charge in [0.25, 0.3) is 5.91 Å². The van der Waals surface area contributed by atoms with Crippen LogP contribution in [0.25, 0.3) is 11.3 Å². The summed E-state index contributed by atoms with van der Waals surface area (Å²) in [6.45, 7) is 2.63. The van der Waals surface area contributed by atoms with Gasteiger partial charge in [-0.25, -0.2) is 0 Å². The van der Waals surface area contributed by atoms with Crippen molar-refractivity contribution in [1.29, 1.82) is 0 Å². The summed E-state index contributed by atoms with van der Waals surface area (Å²) < 4.78 is 1.60. The second kappa shape index (κ2) is 6.74. The largest absolute Gasteiger partial charge is 0.395 e. The van der Waals surface area contributed by atoms with Gasteiger partial charge < -0.3 is 10.0 Å². The molecule has 1 heterocycles. The predicted octanol–water partition coefficient (Wildman–Crippen LogP) is 2.19. The Morgan fingerprint density at radius 2 is 2.14 bits per heavy atom. The summed E-state index contributed by atoms with van der Waals surface area (Å²) in [4.78, 5) is 14.2. The van der Waals surface area contributed by atoms with Gasteiger partial charge in [0.05, 0.1) is 17.2 Å². The van der Waals surface area contributed by atoms with Crippen LogP contribution in [0, 0.1) is 0 Å². The van der Waals surface area contributed by atoms with Gasteiger partial charge in [-0.05, 0) is 13.0 Å². The molecule has 5 nitrogen and oxygen atoms in total. The lowest BCUT2D eigenvalue weighted by atomic mass is 10.1. The van der Waals surface area contributed by atoms with Crippen LogP contribution in [-0.2, 0) is 7.05 Å². The summed E-state index contributed by atoms with van der Waals surface area (Å²) >= 11 is 6.21. The molecule has 1 aromatic heterocycles. The number of aromatic nitrogens is 2. The van der Waals surface area contributed by atoms with E-state index in [0.29, 0.717) is 29.4 Å². The van der Waals surface area contributed by atoms with Gasteiger partial charge in [-0.15, -0.1) is 0 Å². The third kappa shape index (κ3) is 3.25. The molecule has 1 aromatic carbocycles. The summed E-state index contributed by atoms with van der Waals surface area (Å²) in [6.07, 6.45) is 1.68. The zero-order chi connectivity index (χ0) is 15.4. The van der Waals surface area contributed by atoms with Crippen LogP contribution < -0.4 is 0 Å². The summed E-state index contributed by atoms with van der Waals surface area (Å²) in [5.74, 6) is -0.158. The third-order valence-corrected chi connectivity index (χ3v) is 3.56. The van der Waals surface area contributed by atoms with Crippen molar-refractivity contribution in [3.63, 3.8) is 0 Å². The number of aryl methyl sites for hydroxylation is 1. The van der Waals surface area contributed by atoms with Crippen molar-refractivity contribution in [1.82, 2.24) is 14.7 Å². The minimum Gasteiger partial charge on any atom is -0.395 e. The van der Waals surface area contributed by atoms with Crippen LogP contribution in [-0.4, -0.2) is 45.4 Å². The molecule has 0 saturated carbocycles. The Morgan fingerprint density at radius 1 is 1.43 bits per heavy atom. The molecule has 2 aromatic rings. The van der Waals surface area contributed by atoms with Gasteiger partial charge >= 0.3 is 0 Å². The number of hydrogen-bond acceptors (Lipinski definition) is 3. The Balaban J connectivity index is 2.46. The van der Waals surface area contributed by atoms with Gasteiger partial charge in [0.2, 0.25) is 0 Å². The number of aliphatic hydroxyl groups excluding tert-OH is 1. The number of hydrogen-bond donors (Lipinski definition) is 1. The van der Waals surface area contributed by atoms with Crippen LogP contribution in [0.4, 0.5) is 0 Å². The number of likely N-dealkylation sites (N-methyl/N-ethyl adjacent to an activating group) is 1. The maximum Gasteiger partial charge on any atom is 0.257 e. The maximum atomic E-state index is 12.6.